The second-order valence-electron chi connectivity index (χ2n) is 5.23. The number of hydrogen-bond acceptors (Lipinski definition) is 3. The van der Waals surface area contributed by atoms with Crippen LogP contribution in [0.2, 0.25) is 0 Å². The van der Waals surface area contributed by atoms with Gasteiger partial charge >= 0.3 is 0 Å². The molecule has 0 saturated heterocycles. The number of halogens is 1. The number of hydrogen-bond donors (Lipinski definition) is 1. The minimum Gasteiger partial charge on any atom is -0.493 e. The summed E-state index contributed by atoms with van der Waals surface area (Å²) in [5.74, 6) is -0.193. The normalized spacial score (nSPS) is 15.9. The van der Waals surface area contributed by atoms with E-state index in [-0.39, 0.29) is 17.4 Å². The van der Waals surface area contributed by atoms with E-state index in [1.54, 1.807) is 6.07 Å². The Bertz CT molecular complexity index is 730. The van der Waals surface area contributed by atoms with Gasteiger partial charge in [-0.05, 0) is 42.8 Å². The van der Waals surface area contributed by atoms with Crippen molar-refractivity contribution >= 4 is 11.6 Å². The molecule has 0 radical (unpaired) electrons. The molecule has 1 N–H and O–H groups in total. The molecule has 1 amide bonds. The average Bonchev–Trinajstić information content (AvgIpc) is 2.86. The van der Waals surface area contributed by atoms with Crippen LogP contribution in [-0.4, -0.2) is 19.1 Å². The lowest BCUT2D eigenvalue weighted by Crippen LogP contribution is -2.14. The maximum Gasteiger partial charge on any atom is 0.259 e. The highest BCUT2D eigenvalue weighted by atomic mass is 19.1. The number of anilines is 1. The van der Waals surface area contributed by atoms with Crippen molar-refractivity contribution in [2.75, 3.05) is 12.4 Å². The Morgan fingerprint density at radius 2 is 2.18 bits per heavy atom. The smallest absolute Gasteiger partial charge is 0.259 e. The summed E-state index contributed by atoms with van der Waals surface area (Å²) in [6.07, 6.45) is 0.951. The summed E-state index contributed by atoms with van der Waals surface area (Å²) < 4.78 is 24.2. The van der Waals surface area contributed by atoms with Crippen molar-refractivity contribution in [1.29, 1.82) is 0 Å². The quantitative estimate of drug-likeness (QED) is 0.945. The highest BCUT2D eigenvalue weighted by molar-refractivity contribution is 6.06. The number of rotatable bonds is 3. The fraction of sp³-hybridized carbons (Fsp3) is 0.235. The number of para-hydroxylation sites is 1. The SMILES string of the molecule is COc1c(F)cccc1C(=O)Nc1ccc2c(c1)C[C@H](C)O2. The molecule has 3 rings (SSSR count). The van der Waals surface area contributed by atoms with Gasteiger partial charge in [0.1, 0.15) is 11.9 Å². The van der Waals surface area contributed by atoms with Gasteiger partial charge in [-0.1, -0.05) is 6.07 Å². The molecule has 1 aliphatic rings. The molecule has 114 valence electrons. The summed E-state index contributed by atoms with van der Waals surface area (Å²) in [5.41, 5.74) is 1.86. The molecule has 0 aliphatic carbocycles. The molecule has 0 bridgehead atoms. The van der Waals surface area contributed by atoms with E-state index >= 15 is 0 Å². The molecule has 5 heteroatoms. The van der Waals surface area contributed by atoms with E-state index in [0.717, 1.165) is 17.7 Å². The average molecular weight is 301 g/mol. The van der Waals surface area contributed by atoms with Crippen LogP contribution < -0.4 is 14.8 Å². The predicted octanol–water partition coefficient (Wildman–Crippen LogP) is 3.41. The largest absolute Gasteiger partial charge is 0.493 e. The van der Waals surface area contributed by atoms with Crippen molar-refractivity contribution in [3.05, 3.63) is 53.3 Å². The Kier molecular flexibility index (Phi) is 3.71. The summed E-state index contributed by atoms with van der Waals surface area (Å²) in [4.78, 5) is 12.3. The summed E-state index contributed by atoms with van der Waals surface area (Å²) in [6.45, 7) is 2.00. The van der Waals surface area contributed by atoms with Crippen molar-refractivity contribution in [2.45, 2.75) is 19.4 Å². The Labute approximate surface area is 127 Å². The fourth-order valence-corrected chi connectivity index (χ4v) is 2.59. The van der Waals surface area contributed by atoms with Crippen LogP contribution in [0.4, 0.5) is 10.1 Å². The van der Waals surface area contributed by atoms with Crippen molar-refractivity contribution < 1.29 is 18.7 Å². The molecule has 1 aliphatic heterocycles. The minimum atomic E-state index is -0.564. The molecule has 0 unspecified atom stereocenters. The summed E-state index contributed by atoms with van der Waals surface area (Å²) >= 11 is 0. The van der Waals surface area contributed by atoms with E-state index in [4.69, 9.17) is 9.47 Å². The lowest BCUT2D eigenvalue weighted by Gasteiger charge is -2.10. The first-order valence-corrected chi connectivity index (χ1v) is 7.02. The molecule has 0 spiro atoms. The Morgan fingerprint density at radius 1 is 1.36 bits per heavy atom. The Balaban J connectivity index is 1.84. The Morgan fingerprint density at radius 3 is 2.95 bits per heavy atom. The highest BCUT2D eigenvalue weighted by Crippen LogP contribution is 2.31. The lowest BCUT2D eigenvalue weighted by molar-refractivity contribution is 0.102. The van der Waals surface area contributed by atoms with Crippen LogP contribution in [0.5, 0.6) is 11.5 Å². The van der Waals surface area contributed by atoms with E-state index in [2.05, 4.69) is 5.32 Å². The zero-order valence-corrected chi connectivity index (χ0v) is 12.4. The van der Waals surface area contributed by atoms with E-state index in [9.17, 15) is 9.18 Å². The number of ether oxygens (including phenoxy) is 2. The molecule has 22 heavy (non-hydrogen) atoms. The fourth-order valence-electron chi connectivity index (χ4n) is 2.59. The molecule has 2 aromatic carbocycles. The van der Waals surface area contributed by atoms with Gasteiger partial charge < -0.3 is 14.8 Å². The van der Waals surface area contributed by atoms with Crippen LogP contribution in [0, 0.1) is 5.82 Å². The van der Waals surface area contributed by atoms with E-state index in [1.807, 2.05) is 19.1 Å². The number of amides is 1. The van der Waals surface area contributed by atoms with Gasteiger partial charge in [-0.25, -0.2) is 4.39 Å². The molecule has 0 aromatic heterocycles. The van der Waals surface area contributed by atoms with Gasteiger partial charge in [-0.15, -0.1) is 0 Å². The van der Waals surface area contributed by atoms with E-state index in [1.165, 1.54) is 25.3 Å². The number of methoxy groups -OCH3 is 1. The van der Waals surface area contributed by atoms with Gasteiger partial charge in [0.05, 0.1) is 12.7 Å². The van der Waals surface area contributed by atoms with Crippen molar-refractivity contribution in [1.82, 2.24) is 0 Å². The molecule has 2 aromatic rings. The maximum absolute atomic E-state index is 13.7. The molecule has 1 atom stereocenters. The van der Waals surface area contributed by atoms with Crippen LogP contribution in [0.3, 0.4) is 0 Å². The zero-order valence-electron chi connectivity index (χ0n) is 12.4. The van der Waals surface area contributed by atoms with Gasteiger partial charge in [0.25, 0.3) is 5.91 Å². The van der Waals surface area contributed by atoms with Crippen LogP contribution in [0.25, 0.3) is 0 Å². The third-order valence-corrected chi connectivity index (χ3v) is 3.57. The van der Waals surface area contributed by atoms with Crippen molar-refractivity contribution in [2.24, 2.45) is 0 Å². The standard InChI is InChI=1S/C17H16FNO3/c1-10-8-11-9-12(6-7-15(11)22-10)19-17(20)13-4-3-5-14(18)16(13)21-2/h3-7,9-10H,8H2,1-2H3,(H,19,20)/t10-/m0/s1. The van der Waals surface area contributed by atoms with Gasteiger partial charge in [-0.2, -0.15) is 0 Å². The highest BCUT2D eigenvalue weighted by Gasteiger charge is 2.20. The number of fused-ring (bicyclic) bond motifs is 1. The van der Waals surface area contributed by atoms with Crippen molar-refractivity contribution in [3.63, 3.8) is 0 Å². The molecule has 0 saturated carbocycles. The first-order chi connectivity index (χ1) is 10.6. The van der Waals surface area contributed by atoms with Gasteiger partial charge in [0, 0.05) is 12.1 Å². The number of benzene rings is 2. The molecule has 4 nitrogen and oxygen atoms in total. The van der Waals surface area contributed by atoms with E-state index in [0.29, 0.717) is 5.69 Å². The first kappa shape index (κ1) is 14.4. The molecular formula is C17H16FNO3. The third kappa shape index (κ3) is 2.62. The topological polar surface area (TPSA) is 47.6 Å². The first-order valence-electron chi connectivity index (χ1n) is 7.02. The van der Waals surface area contributed by atoms with Crippen LogP contribution >= 0.6 is 0 Å². The summed E-state index contributed by atoms with van der Waals surface area (Å²) in [5, 5.41) is 2.76. The summed E-state index contributed by atoms with van der Waals surface area (Å²) in [7, 11) is 1.34. The number of carbonyl (C=O) groups excluding carboxylic acids is 1. The maximum atomic E-state index is 13.7. The van der Waals surface area contributed by atoms with Crippen LogP contribution in [0.15, 0.2) is 36.4 Å². The molecular weight excluding hydrogens is 285 g/mol. The number of carbonyl (C=O) groups is 1. The lowest BCUT2D eigenvalue weighted by atomic mass is 10.1. The third-order valence-electron chi connectivity index (χ3n) is 3.57. The molecule has 1 heterocycles. The summed E-state index contributed by atoms with van der Waals surface area (Å²) in [6, 6.07) is 9.73. The number of nitrogens with one attached hydrogen (secondary N) is 1. The van der Waals surface area contributed by atoms with Gasteiger partial charge in [0.15, 0.2) is 11.6 Å². The van der Waals surface area contributed by atoms with E-state index < -0.39 is 11.7 Å². The second kappa shape index (κ2) is 5.67. The van der Waals surface area contributed by atoms with Crippen molar-refractivity contribution in [3.8, 4) is 11.5 Å². The van der Waals surface area contributed by atoms with Crippen LogP contribution in [-0.2, 0) is 6.42 Å². The minimum absolute atomic E-state index is 0.0573. The van der Waals surface area contributed by atoms with Gasteiger partial charge in [-0.3, -0.25) is 4.79 Å². The monoisotopic (exact) mass is 301 g/mol. The molecule has 0 fully saturated rings. The zero-order chi connectivity index (χ0) is 15.7. The Hall–Kier alpha value is -2.56. The predicted molar refractivity (Wildman–Crippen MR) is 81.1 cm³/mol. The van der Waals surface area contributed by atoms with Gasteiger partial charge in [0.2, 0.25) is 0 Å². The van der Waals surface area contributed by atoms with Crippen LogP contribution in [0.1, 0.15) is 22.8 Å². The second-order valence-corrected chi connectivity index (χ2v) is 5.23.